The maximum Gasteiger partial charge on any atom is 0.353 e. The van der Waals surface area contributed by atoms with E-state index in [0.717, 1.165) is 16.0 Å². The third-order valence-corrected chi connectivity index (χ3v) is 5.40. The summed E-state index contributed by atoms with van der Waals surface area (Å²) in [7, 11) is 0. The number of rotatable bonds is 8. The van der Waals surface area contributed by atoms with Gasteiger partial charge in [0.25, 0.3) is 0 Å². The molecule has 0 fully saturated rings. The number of hydrogen-bond acceptors (Lipinski definition) is 7. The third kappa shape index (κ3) is 5.30. The van der Waals surface area contributed by atoms with Gasteiger partial charge < -0.3 is 15.8 Å². The fraction of sp³-hybridized carbons (Fsp3) is 0.182. The van der Waals surface area contributed by atoms with E-state index < -0.39 is 17.8 Å². The summed E-state index contributed by atoms with van der Waals surface area (Å²) in [5, 5.41) is 11.2. The van der Waals surface area contributed by atoms with Gasteiger partial charge in [-0.2, -0.15) is 0 Å². The van der Waals surface area contributed by atoms with Gasteiger partial charge >= 0.3 is 5.97 Å². The van der Waals surface area contributed by atoms with E-state index in [0.29, 0.717) is 17.2 Å². The van der Waals surface area contributed by atoms with Crippen molar-refractivity contribution < 1.29 is 14.3 Å². The summed E-state index contributed by atoms with van der Waals surface area (Å²) in [6, 6.07) is 16.5. The predicted molar refractivity (Wildman–Crippen MR) is 118 cm³/mol. The zero-order chi connectivity index (χ0) is 21.5. The van der Waals surface area contributed by atoms with Crippen molar-refractivity contribution in [1.29, 1.82) is 5.41 Å². The van der Waals surface area contributed by atoms with E-state index in [2.05, 4.69) is 10.3 Å². The lowest BCUT2D eigenvalue weighted by Gasteiger charge is -2.14. The van der Waals surface area contributed by atoms with Crippen LogP contribution in [0.5, 0.6) is 0 Å². The highest BCUT2D eigenvalue weighted by Crippen LogP contribution is 2.29. The van der Waals surface area contributed by atoms with Crippen molar-refractivity contribution in [3.05, 3.63) is 66.4 Å². The molecule has 30 heavy (non-hydrogen) atoms. The van der Waals surface area contributed by atoms with Crippen LogP contribution >= 0.6 is 11.3 Å². The van der Waals surface area contributed by atoms with Crippen molar-refractivity contribution in [2.75, 3.05) is 11.1 Å². The number of esters is 1. The molecule has 1 amide bonds. The highest BCUT2D eigenvalue weighted by molar-refractivity contribution is 7.19. The van der Waals surface area contributed by atoms with Crippen molar-refractivity contribution in [3.63, 3.8) is 0 Å². The number of nitrogen functional groups attached to an aromatic ring is 1. The van der Waals surface area contributed by atoms with Crippen LogP contribution in [0.15, 0.2) is 60.8 Å². The molecule has 0 bridgehead atoms. The number of nitrogens with zero attached hydrogens (tertiary/aromatic N) is 1. The molecule has 1 heterocycles. The Bertz CT molecular complexity index is 1030. The summed E-state index contributed by atoms with van der Waals surface area (Å²) >= 11 is 1.31. The fourth-order valence-corrected chi connectivity index (χ4v) is 3.59. The number of nitrogens with one attached hydrogen (secondary N) is 2. The Hall–Kier alpha value is -3.52. The van der Waals surface area contributed by atoms with Gasteiger partial charge in [0, 0.05) is 11.9 Å². The zero-order valence-corrected chi connectivity index (χ0v) is 17.2. The summed E-state index contributed by atoms with van der Waals surface area (Å²) in [5.41, 5.74) is 7.75. The van der Waals surface area contributed by atoms with E-state index in [-0.39, 0.29) is 12.3 Å². The Morgan fingerprint density at radius 1 is 1.17 bits per heavy atom. The Morgan fingerprint density at radius 2 is 1.87 bits per heavy atom. The van der Waals surface area contributed by atoms with Crippen LogP contribution in [0, 0.1) is 11.3 Å². The number of amides is 1. The highest BCUT2D eigenvalue weighted by atomic mass is 32.1. The Morgan fingerprint density at radius 3 is 2.53 bits per heavy atom. The summed E-state index contributed by atoms with van der Waals surface area (Å²) < 4.78 is 5.18. The molecule has 7 nitrogen and oxygen atoms in total. The van der Waals surface area contributed by atoms with Gasteiger partial charge in [0.15, 0.2) is 5.13 Å². The van der Waals surface area contributed by atoms with Gasteiger partial charge in [-0.15, -0.1) is 0 Å². The molecule has 0 aliphatic carbocycles. The molecule has 4 N–H and O–H groups in total. The summed E-state index contributed by atoms with van der Waals surface area (Å²) in [6.07, 6.45) is 1.95. The number of hydrogen-bond donors (Lipinski definition) is 3. The molecule has 2 aromatic carbocycles. The van der Waals surface area contributed by atoms with E-state index in [1.165, 1.54) is 11.3 Å². The quantitative estimate of drug-likeness (QED) is 0.287. The van der Waals surface area contributed by atoms with Gasteiger partial charge in [-0.25, -0.2) is 9.78 Å². The first-order chi connectivity index (χ1) is 14.5. The Balaban J connectivity index is 1.60. The standard InChI is InChI=1S/C22H22N4O3S/c1-2-17(19(24)21(28)29-13-14-6-4-3-5-7-14)20(27)26-22-25-12-18(30-22)15-8-10-16(23)11-9-15/h3-12,17,24H,2,13,23H2,1H3,(H,25,26,27)/t17-/m0/s1. The molecule has 3 rings (SSSR count). The number of nitrogens with two attached hydrogens (primary N) is 1. The van der Waals surface area contributed by atoms with Crippen molar-refractivity contribution >= 4 is 39.7 Å². The second-order valence-electron chi connectivity index (χ2n) is 6.58. The first-order valence-electron chi connectivity index (χ1n) is 9.40. The minimum atomic E-state index is -0.919. The maximum atomic E-state index is 12.6. The third-order valence-electron chi connectivity index (χ3n) is 4.44. The topological polar surface area (TPSA) is 118 Å². The average molecular weight is 423 g/mol. The van der Waals surface area contributed by atoms with Crippen molar-refractivity contribution in [1.82, 2.24) is 4.98 Å². The molecule has 1 aromatic heterocycles. The molecule has 3 aromatic rings. The average Bonchev–Trinajstić information content (AvgIpc) is 3.22. The van der Waals surface area contributed by atoms with Crippen LogP contribution in [0.1, 0.15) is 18.9 Å². The number of benzene rings is 2. The highest BCUT2D eigenvalue weighted by Gasteiger charge is 2.28. The molecule has 0 radical (unpaired) electrons. The molecule has 0 saturated heterocycles. The van der Waals surface area contributed by atoms with E-state index in [1.54, 1.807) is 25.3 Å². The molecular weight excluding hydrogens is 400 g/mol. The van der Waals surface area contributed by atoms with Gasteiger partial charge in [0.2, 0.25) is 5.91 Å². The first kappa shape index (κ1) is 21.2. The lowest BCUT2D eigenvalue weighted by molar-refractivity contribution is -0.137. The normalized spacial score (nSPS) is 11.5. The molecule has 8 heteroatoms. The minimum Gasteiger partial charge on any atom is -0.456 e. The summed E-state index contributed by atoms with van der Waals surface area (Å²) in [6.45, 7) is 1.79. The molecule has 1 atom stereocenters. The predicted octanol–water partition coefficient (Wildman–Crippen LogP) is 4.12. The van der Waals surface area contributed by atoms with Gasteiger partial charge in [0.1, 0.15) is 12.3 Å². The van der Waals surface area contributed by atoms with Crippen LogP contribution in [0.3, 0.4) is 0 Å². The Kier molecular flexibility index (Phi) is 6.92. The first-order valence-corrected chi connectivity index (χ1v) is 10.2. The molecule has 0 aliphatic rings. The zero-order valence-electron chi connectivity index (χ0n) is 16.4. The number of carbonyl (C=O) groups excluding carboxylic acids is 2. The van der Waals surface area contributed by atoms with Gasteiger partial charge in [-0.05, 0) is 29.7 Å². The van der Waals surface area contributed by atoms with Crippen LogP contribution in [-0.4, -0.2) is 22.6 Å². The van der Waals surface area contributed by atoms with Crippen LogP contribution in [0.2, 0.25) is 0 Å². The van der Waals surface area contributed by atoms with Crippen LogP contribution in [0.4, 0.5) is 10.8 Å². The minimum absolute atomic E-state index is 0.0531. The monoisotopic (exact) mass is 422 g/mol. The number of ether oxygens (including phenoxy) is 1. The van der Waals surface area contributed by atoms with E-state index in [9.17, 15) is 9.59 Å². The number of anilines is 2. The van der Waals surface area contributed by atoms with Crippen LogP contribution < -0.4 is 11.1 Å². The molecular formula is C22H22N4O3S. The summed E-state index contributed by atoms with van der Waals surface area (Å²) in [5.74, 6) is -2.18. The molecule has 154 valence electrons. The van der Waals surface area contributed by atoms with E-state index >= 15 is 0 Å². The number of thiazole rings is 1. The second kappa shape index (κ2) is 9.80. The molecule has 0 unspecified atom stereocenters. The van der Waals surface area contributed by atoms with Gasteiger partial charge in [-0.1, -0.05) is 60.7 Å². The van der Waals surface area contributed by atoms with Crippen molar-refractivity contribution in [2.45, 2.75) is 20.0 Å². The lowest BCUT2D eigenvalue weighted by atomic mass is 9.99. The van der Waals surface area contributed by atoms with E-state index in [1.807, 2.05) is 42.5 Å². The van der Waals surface area contributed by atoms with Crippen LogP contribution in [0.25, 0.3) is 10.4 Å². The fourth-order valence-electron chi connectivity index (χ4n) is 2.77. The number of aromatic nitrogens is 1. The number of carbonyl (C=O) groups is 2. The van der Waals surface area contributed by atoms with E-state index in [4.69, 9.17) is 15.9 Å². The largest absolute Gasteiger partial charge is 0.456 e. The molecule has 0 saturated carbocycles. The van der Waals surface area contributed by atoms with Crippen LogP contribution in [-0.2, 0) is 20.9 Å². The molecule has 0 aliphatic heterocycles. The summed E-state index contributed by atoms with van der Waals surface area (Å²) in [4.78, 5) is 30.0. The van der Waals surface area contributed by atoms with Gasteiger partial charge in [0.05, 0.1) is 10.8 Å². The van der Waals surface area contributed by atoms with Crippen molar-refractivity contribution in [3.8, 4) is 10.4 Å². The Labute approximate surface area is 178 Å². The smallest absolute Gasteiger partial charge is 0.353 e. The van der Waals surface area contributed by atoms with Crippen molar-refractivity contribution in [2.24, 2.45) is 5.92 Å². The van der Waals surface area contributed by atoms with Gasteiger partial charge in [-0.3, -0.25) is 10.2 Å². The molecule has 0 spiro atoms. The maximum absolute atomic E-state index is 12.6. The SMILES string of the molecule is CC[C@@H](C(=N)C(=O)OCc1ccccc1)C(=O)Nc1ncc(-c2ccc(N)cc2)s1. The second-order valence-corrected chi connectivity index (χ2v) is 7.61. The lowest BCUT2D eigenvalue weighted by Crippen LogP contribution is -2.34.